The van der Waals surface area contributed by atoms with Crippen LogP contribution in [0.5, 0.6) is 0 Å². The summed E-state index contributed by atoms with van der Waals surface area (Å²) in [5.74, 6) is -1.38. The molecule has 18 heavy (non-hydrogen) atoms. The standard InChI is InChI=1S/C12H22N2O4/c13-8-12(5-2-1-3-6-12)11(18)14-7-4-9(15)10(16)17/h9,15H,1-8,13H2,(H,14,18)(H,16,17)/t9-/m0/s1. The molecule has 1 aliphatic carbocycles. The first-order valence-corrected chi connectivity index (χ1v) is 6.41. The van der Waals surface area contributed by atoms with E-state index < -0.39 is 17.5 Å². The Hall–Kier alpha value is -1.14. The molecule has 0 aliphatic heterocycles. The third-order valence-electron chi connectivity index (χ3n) is 3.67. The van der Waals surface area contributed by atoms with Gasteiger partial charge in [0.25, 0.3) is 0 Å². The number of nitrogens with two attached hydrogens (primary N) is 1. The minimum atomic E-state index is -1.43. The maximum atomic E-state index is 12.1. The van der Waals surface area contributed by atoms with Crippen LogP contribution in [0.15, 0.2) is 0 Å². The summed E-state index contributed by atoms with van der Waals surface area (Å²) in [4.78, 5) is 22.5. The Labute approximate surface area is 107 Å². The summed E-state index contributed by atoms with van der Waals surface area (Å²) in [5, 5.41) is 20.3. The monoisotopic (exact) mass is 258 g/mol. The van der Waals surface area contributed by atoms with Gasteiger partial charge in [-0.05, 0) is 12.8 Å². The lowest BCUT2D eigenvalue weighted by Gasteiger charge is -2.34. The Balaban J connectivity index is 2.41. The molecule has 0 unspecified atom stereocenters. The molecule has 5 N–H and O–H groups in total. The van der Waals surface area contributed by atoms with Crippen molar-refractivity contribution < 1.29 is 19.8 Å². The third-order valence-corrected chi connectivity index (χ3v) is 3.67. The van der Waals surface area contributed by atoms with Crippen molar-refractivity contribution in [2.75, 3.05) is 13.1 Å². The minimum Gasteiger partial charge on any atom is -0.479 e. The van der Waals surface area contributed by atoms with E-state index in [4.69, 9.17) is 15.9 Å². The summed E-state index contributed by atoms with van der Waals surface area (Å²) in [5.41, 5.74) is 5.22. The molecule has 1 rings (SSSR count). The van der Waals surface area contributed by atoms with Gasteiger partial charge in [-0.25, -0.2) is 4.79 Å². The molecule has 1 atom stereocenters. The molecular weight excluding hydrogens is 236 g/mol. The second-order valence-electron chi connectivity index (χ2n) is 4.94. The molecular formula is C12H22N2O4. The molecule has 0 spiro atoms. The van der Waals surface area contributed by atoms with Gasteiger partial charge in [0.05, 0.1) is 5.41 Å². The van der Waals surface area contributed by atoms with E-state index >= 15 is 0 Å². The smallest absolute Gasteiger partial charge is 0.332 e. The number of aliphatic hydroxyl groups excluding tert-OH is 1. The van der Waals surface area contributed by atoms with Crippen LogP contribution in [0.2, 0.25) is 0 Å². The number of aliphatic hydroxyl groups is 1. The van der Waals surface area contributed by atoms with Crippen molar-refractivity contribution in [3.05, 3.63) is 0 Å². The molecule has 104 valence electrons. The fourth-order valence-corrected chi connectivity index (χ4v) is 2.39. The number of carbonyl (C=O) groups is 2. The van der Waals surface area contributed by atoms with Crippen LogP contribution in [-0.2, 0) is 9.59 Å². The van der Waals surface area contributed by atoms with E-state index in [0.717, 1.165) is 32.1 Å². The van der Waals surface area contributed by atoms with Crippen molar-refractivity contribution in [3.63, 3.8) is 0 Å². The van der Waals surface area contributed by atoms with Crippen LogP contribution in [0.4, 0.5) is 0 Å². The van der Waals surface area contributed by atoms with Crippen LogP contribution in [0, 0.1) is 5.41 Å². The number of rotatable bonds is 6. The topological polar surface area (TPSA) is 113 Å². The van der Waals surface area contributed by atoms with Gasteiger partial charge in [-0.1, -0.05) is 19.3 Å². The van der Waals surface area contributed by atoms with Crippen molar-refractivity contribution in [2.24, 2.45) is 11.1 Å². The Morgan fingerprint density at radius 3 is 2.39 bits per heavy atom. The molecule has 1 amide bonds. The molecule has 6 heteroatoms. The number of nitrogens with one attached hydrogen (secondary N) is 1. The number of carbonyl (C=O) groups excluding carboxylic acids is 1. The van der Waals surface area contributed by atoms with E-state index in [9.17, 15) is 9.59 Å². The van der Waals surface area contributed by atoms with Crippen molar-refractivity contribution in [1.29, 1.82) is 0 Å². The lowest BCUT2D eigenvalue weighted by atomic mass is 9.73. The second kappa shape index (κ2) is 6.70. The molecule has 0 radical (unpaired) electrons. The number of carboxylic acids is 1. The summed E-state index contributed by atoms with van der Waals surface area (Å²) < 4.78 is 0. The Kier molecular flexibility index (Phi) is 5.55. The summed E-state index contributed by atoms with van der Waals surface area (Å²) in [7, 11) is 0. The summed E-state index contributed by atoms with van der Waals surface area (Å²) in [6, 6.07) is 0. The van der Waals surface area contributed by atoms with Crippen LogP contribution in [0.25, 0.3) is 0 Å². The van der Waals surface area contributed by atoms with Crippen molar-refractivity contribution in [3.8, 4) is 0 Å². The van der Waals surface area contributed by atoms with Crippen molar-refractivity contribution >= 4 is 11.9 Å². The highest BCUT2D eigenvalue weighted by atomic mass is 16.4. The fourth-order valence-electron chi connectivity index (χ4n) is 2.39. The molecule has 0 aromatic rings. The van der Waals surface area contributed by atoms with Gasteiger partial charge in [0.1, 0.15) is 0 Å². The maximum Gasteiger partial charge on any atom is 0.332 e. The number of aliphatic carboxylic acids is 1. The molecule has 0 aromatic heterocycles. The Morgan fingerprint density at radius 1 is 1.28 bits per heavy atom. The largest absolute Gasteiger partial charge is 0.479 e. The minimum absolute atomic E-state index is 0.0156. The first-order chi connectivity index (χ1) is 8.52. The fraction of sp³-hybridized carbons (Fsp3) is 0.833. The zero-order chi connectivity index (χ0) is 13.6. The molecule has 0 saturated heterocycles. The van der Waals surface area contributed by atoms with Gasteiger partial charge in [0.15, 0.2) is 6.10 Å². The highest BCUT2D eigenvalue weighted by Gasteiger charge is 2.37. The van der Waals surface area contributed by atoms with Gasteiger partial charge in [0.2, 0.25) is 5.91 Å². The average molecular weight is 258 g/mol. The predicted molar refractivity (Wildman–Crippen MR) is 65.8 cm³/mol. The highest BCUT2D eigenvalue weighted by molar-refractivity contribution is 5.83. The van der Waals surface area contributed by atoms with E-state index in [2.05, 4.69) is 5.32 Å². The van der Waals surface area contributed by atoms with Crippen LogP contribution in [0.3, 0.4) is 0 Å². The molecule has 6 nitrogen and oxygen atoms in total. The normalized spacial score (nSPS) is 20.1. The lowest BCUT2D eigenvalue weighted by Crippen LogP contribution is -2.47. The molecule has 0 aromatic carbocycles. The highest BCUT2D eigenvalue weighted by Crippen LogP contribution is 2.35. The van der Waals surface area contributed by atoms with E-state index in [-0.39, 0.29) is 18.9 Å². The quantitative estimate of drug-likeness (QED) is 0.529. The van der Waals surface area contributed by atoms with Gasteiger partial charge in [-0.3, -0.25) is 4.79 Å². The number of amides is 1. The zero-order valence-corrected chi connectivity index (χ0v) is 10.5. The lowest BCUT2D eigenvalue weighted by molar-refractivity contribution is -0.147. The van der Waals surface area contributed by atoms with Gasteiger partial charge in [-0.2, -0.15) is 0 Å². The molecule has 0 heterocycles. The van der Waals surface area contributed by atoms with Crippen molar-refractivity contribution in [2.45, 2.75) is 44.6 Å². The van der Waals surface area contributed by atoms with Crippen LogP contribution >= 0.6 is 0 Å². The third kappa shape index (κ3) is 3.68. The van der Waals surface area contributed by atoms with E-state index in [1.54, 1.807) is 0 Å². The Bertz CT molecular complexity index is 300. The van der Waals surface area contributed by atoms with Crippen LogP contribution in [-0.4, -0.2) is 41.3 Å². The van der Waals surface area contributed by atoms with Gasteiger partial charge in [-0.15, -0.1) is 0 Å². The number of hydrogen-bond acceptors (Lipinski definition) is 4. The SMILES string of the molecule is NCC1(C(=O)NCC[C@H](O)C(=O)O)CCCCC1. The van der Waals surface area contributed by atoms with E-state index in [0.29, 0.717) is 6.54 Å². The predicted octanol–water partition coefficient (Wildman–Crippen LogP) is -0.153. The van der Waals surface area contributed by atoms with E-state index in [1.165, 1.54) is 0 Å². The second-order valence-corrected chi connectivity index (χ2v) is 4.94. The van der Waals surface area contributed by atoms with Gasteiger partial charge < -0.3 is 21.3 Å². The summed E-state index contributed by atoms with van der Waals surface area (Å²) in [6.07, 6.45) is 3.30. The maximum absolute atomic E-state index is 12.1. The zero-order valence-electron chi connectivity index (χ0n) is 10.5. The summed E-state index contributed by atoms with van der Waals surface area (Å²) in [6.45, 7) is 0.481. The molecule has 1 aliphatic rings. The van der Waals surface area contributed by atoms with Crippen molar-refractivity contribution in [1.82, 2.24) is 5.32 Å². The number of hydrogen-bond donors (Lipinski definition) is 4. The molecule has 0 bridgehead atoms. The van der Waals surface area contributed by atoms with E-state index in [1.807, 2.05) is 0 Å². The Morgan fingerprint density at radius 2 is 1.89 bits per heavy atom. The number of carboxylic acid groups (broad SMARTS) is 1. The molecule has 1 fully saturated rings. The van der Waals surface area contributed by atoms with Gasteiger partial charge in [0, 0.05) is 19.5 Å². The summed E-state index contributed by atoms with van der Waals surface area (Å²) >= 11 is 0. The average Bonchev–Trinajstić information content (AvgIpc) is 2.39. The first kappa shape index (κ1) is 14.9. The first-order valence-electron chi connectivity index (χ1n) is 6.41. The van der Waals surface area contributed by atoms with Crippen LogP contribution in [0.1, 0.15) is 38.5 Å². The molecule has 1 saturated carbocycles. The van der Waals surface area contributed by atoms with Crippen LogP contribution < -0.4 is 11.1 Å². The van der Waals surface area contributed by atoms with Gasteiger partial charge >= 0.3 is 5.97 Å².